The van der Waals surface area contributed by atoms with Gasteiger partial charge in [0.25, 0.3) is 0 Å². The Bertz CT molecular complexity index is 376. The van der Waals surface area contributed by atoms with Crippen LogP contribution in [0.1, 0.15) is 52.0 Å². The van der Waals surface area contributed by atoms with Crippen LogP contribution in [-0.2, 0) is 9.53 Å². The van der Waals surface area contributed by atoms with Gasteiger partial charge in [0.05, 0.1) is 12.6 Å². The van der Waals surface area contributed by atoms with Crippen molar-refractivity contribution in [3.63, 3.8) is 0 Å². The molecule has 0 saturated heterocycles. The van der Waals surface area contributed by atoms with E-state index in [2.05, 4.69) is 29.4 Å². The van der Waals surface area contributed by atoms with E-state index in [1.165, 1.54) is 0 Å². The molecule has 0 aliphatic heterocycles. The van der Waals surface area contributed by atoms with Crippen LogP contribution in [0.25, 0.3) is 0 Å². The molecule has 0 fully saturated rings. The van der Waals surface area contributed by atoms with Gasteiger partial charge >= 0.3 is 0 Å². The summed E-state index contributed by atoms with van der Waals surface area (Å²) in [5.74, 6) is 0.740. The summed E-state index contributed by atoms with van der Waals surface area (Å²) < 4.78 is 7.10. The summed E-state index contributed by atoms with van der Waals surface area (Å²) in [6, 6.07) is 0.127. The fourth-order valence-corrected chi connectivity index (χ4v) is 1.65. The zero-order valence-electron chi connectivity index (χ0n) is 11.5. The Hall–Kier alpha value is -1.43. The van der Waals surface area contributed by atoms with Crippen molar-refractivity contribution in [2.45, 2.75) is 46.2 Å². The summed E-state index contributed by atoms with van der Waals surface area (Å²) in [4.78, 5) is 11.7. The van der Waals surface area contributed by atoms with Crippen molar-refractivity contribution in [3.8, 4) is 0 Å². The molecule has 1 amide bonds. The van der Waals surface area contributed by atoms with E-state index >= 15 is 0 Å². The number of hydrogen-bond acceptors (Lipinski definition) is 4. The lowest BCUT2D eigenvalue weighted by molar-refractivity contribution is -0.122. The van der Waals surface area contributed by atoms with Crippen LogP contribution in [0.15, 0.2) is 6.33 Å². The normalized spacial score (nSPS) is 12.7. The predicted octanol–water partition coefficient (Wildman–Crippen LogP) is 1.46. The van der Waals surface area contributed by atoms with E-state index < -0.39 is 0 Å². The number of carbonyl (C=O) groups excluding carboxylic acids is 1. The molecular weight excluding hydrogens is 232 g/mol. The zero-order valence-corrected chi connectivity index (χ0v) is 11.5. The van der Waals surface area contributed by atoms with Gasteiger partial charge in [0.1, 0.15) is 6.33 Å². The van der Waals surface area contributed by atoms with Gasteiger partial charge in [-0.3, -0.25) is 4.79 Å². The summed E-state index contributed by atoms with van der Waals surface area (Å²) in [5, 5.41) is 10.8. The topological polar surface area (TPSA) is 69.0 Å². The van der Waals surface area contributed by atoms with Crippen LogP contribution in [0.5, 0.6) is 0 Å². The number of aromatic nitrogens is 3. The molecule has 1 heterocycles. The minimum atomic E-state index is -0.149. The molecule has 0 aliphatic carbocycles. The minimum Gasteiger partial charge on any atom is -0.381 e. The van der Waals surface area contributed by atoms with Crippen LogP contribution < -0.4 is 5.32 Å². The second-order valence-corrected chi connectivity index (χ2v) is 4.43. The molecule has 0 unspecified atom stereocenters. The molecule has 0 saturated carbocycles. The maximum Gasteiger partial charge on any atom is 0.222 e. The second-order valence-electron chi connectivity index (χ2n) is 4.43. The number of nitrogens with zero attached hydrogens (tertiary/aromatic N) is 3. The van der Waals surface area contributed by atoms with E-state index in [0.29, 0.717) is 19.6 Å². The molecule has 0 spiro atoms. The highest BCUT2D eigenvalue weighted by atomic mass is 16.5. The van der Waals surface area contributed by atoms with Gasteiger partial charge in [-0.25, -0.2) is 0 Å². The van der Waals surface area contributed by atoms with Gasteiger partial charge in [-0.1, -0.05) is 0 Å². The van der Waals surface area contributed by atoms with E-state index in [1.807, 2.05) is 18.4 Å². The third kappa shape index (κ3) is 4.10. The largest absolute Gasteiger partial charge is 0.381 e. The van der Waals surface area contributed by atoms with E-state index in [0.717, 1.165) is 5.82 Å². The predicted molar refractivity (Wildman–Crippen MR) is 68.1 cm³/mol. The number of nitrogens with one attached hydrogen (secondary N) is 1. The van der Waals surface area contributed by atoms with Crippen molar-refractivity contribution in [2.75, 3.05) is 13.2 Å². The van der Waals surface area contributed by atoms with Crippen LogP contribution in [0.4, 0.5) is 0 Å². The zero-order chi connectivity index (χ0) is 13.5. The van der Waals surface area contributed by atoms with Crippen molar-refractivity contribution in [2.24, 2.45) is 0 Å². The van der Waals surface area contributed by atoms with E-state index in [1.54, 1.807) is 6.33 Å². The van der Waals surface area contributed by atoms with Gasteiger partial charge in [0.2, 0.25) is 5.91 Å². The molecule has 1 aromatic rings. The first-order valence-electron chi connectivity index (χ1n) is 6.32. The van der Waals surface area contributed by atoms with E-state index in [-0.39, 0.29) is 18.0 Å². The van der Waals surface area contributed by atoms with Crippen LogP contribution in [-0.4, -0.2) is 33.9 Å². The Balaban J connectivity index is 2.51. The second kappa shape index (κ2) is 7.10. The van der Waals surface area contributed by atoms with Gasteiger partial charge in [-0.05, 0) is 27.7 Å². The van der Waals surface area contributed by atoms with Gasteiger partial charge in [-0.15, -0.1) is 10.2 Å². The molecule has 1 N–H and O–H groups in total. The number of ether oxygens (including phenoxy) is 1. The molecule has 102 valence electrons. The smallest absolute Gasteiger partial charge is 0.222 e. The number of rotatable bonds is 7. The Morgan fingerprint density at radius 2 is 2.22 bits per heavy atom. The molecule has 6 nitrogen and oxygen atoms in total. The maximum absolute atomic E-state index is 11.7. The van der Waals surface area contributed by atoms with Crippen molar-refractivity contribution in [1.29, 1.82) is 0 Å². The lowest BCUT2D eigenvalue weighted by Crippen LogP contribution is -2.29. The highest BCUT2D eigenvalue weighted by Gasteiger charge is 2.16. The highest BCUT2D eigenvalue weighted by molar-refractivity contribution is 5.76. The lowest BCUT2D eigenvalue weighted by atomic mass is 10.2. The summed E-state index contributed by atoms with van der Waals surface area (Å²) >= 11 is 0. The quantitative estimate of drug-likeness (QED) is 0.748. The van der Waals surface area contributed by atoms with Crippen LogP contribution in [0.2, 0.25) is 0 Å². The number of amides is 1. The monoisotopic (exact) mass is 254 g/mol. The number of carbonyl (C=O) groups is 1. The van der Waals surface area contributed by atoms with Crippen molar-refractivity contribution < 1.29 is 9.53 Å². The molecule has 6 heteroatoms. The Morgan fingerprint density at radius 1 is 1.50 bits per heavy atom. The Kier molecular flexibility index (Phi) is 5.77. The molecule has 0 bridgehead atoms. The molecule has 1 rings (SSSR count). The molecule has 0 radical (unpaired) electrons. The fourth-order valence-electron chi connectivity index (χ4n) is 1.65. The first-order chi connectivity index (χ1) is 8.56. The van der Waals surface area contributed by atoms with Crippen molar-refractivity contribution in [1.82, 2.24) is 20.1 Å². The SMILES string of the molecule is CCOCCC(=O)N[C@H](C)c1nncn1C(C)C. The van der Waals surface area contributed by atoms with Gasteiger partial charge in [-0.2, -0.15) is 0 Å². The third-order valence-electron chi connectivity index (χ3n) is 2.60. The molecule has 18 heavy (non-hydrogen) atoms. The summed E-state index contributed by atoms with van der Waals surface area (Å²) in [6.45, 7) is 9.00. The number of hydrogen-bond donors (Lipinski definition) is 1. The summed E-state index contributed by atoms with van der Waals surface area (Å²) in [5.41, 5.74) is 0. The van der Waals surface area contributed by atoms with E-state index in [9.17, 15) is 4.79 Å². The maximum atomic E-state index is 11.7. The molecule has 1 aromatic heterocycles. The van der Waals surface area contributed by atoms with Crippen molar-refractivity contribution >= 4 is 5.91 Å². The lowest BCUT2D eigenvalue weighted by Gasteiger charge is -2.16. The van der Waals surface area contributed by atoms with Crippen LogP contribution in [0, 0.1) is 0 Å². The van der Waals surface area contributed by atoms with Gasteiger partial charge < -0.3 is 14.6 Å². The third-order valence-corrected chi connectivity index (χ3v) is 2.60. The van der Waals surface area contributed by atoms with Gasteiger partial charge in [0.15, 0.2) is 5.82 Å². The molecule has 1 atom stereocenters. The summed E-state index contributed by atoms with van der Waals surface area (Å²) in [7, 11) is 0. The first-order valence-corrected chi connectivity index (χ1v) is 6.32. The minimum absolute atomic E-state index is 0.0331. The average molecular weight is 254 g/mol. The van der Waals surface area contributed by atoms with E-state index in [4.69, 9.17) is 4.74 Å². The molecule has 0 aliphatic rings. The fraction of sp³-hybridized carbons (Fsp3) is 0.750. The van der Waals surface area contributed by atoms with Crippen LogP contribution in [0.3, 0.4) is 0 Å². The standard InChI is InChI=1S/C12H22N4O2/c1-5-18-7-6-11(17)14-10(4)12-15-13-8-16(12)9(2)3/h8-10H,5-7H2,1-4H3,(H,14,17)/t10-/m1/s1. The highest BCUT2D eigenvalue weighted by Crippen LogP contribution is 2.14. The van der Waals surface area contributed by atoms with Gasteiger partial charge in [0, 0.05) is 19.1 Å². The first kappa shape index (κ1) is 14.6. The Morgan fingerprint density at radius 3 is 2.83 bits per heavy atom. The molecular formula is C12H22N4O2. The van der Waals surface area contributed by atoms with Crippen LogP contribution >= 0.6 is 0 Å². The summed E-state index contributed by atoms with van der Waals surface area (Å²) in [6.07, 6.45) is 2.05. The average Bonchev–Trinajstić information content (AvgIpc) is 2.78. The molecule has 0 aromatic carbocycles. The van der Waals surface area contributed by atoms with Crippen molar-refractivity contribution in [3.05, 3.63) is 12.2 Å². The Labute approximate surface area is 108 Å².